The van der Waals surface area contributed by atoms with Crippen LogP contribution < -0.4 is 11.1 Å². The Morgan fingerprint density at radius 3 is 2.85 bits per heavy atom. The zero-order chi connectivity index (χ0) is 14.7. The maximum Gasteiger partial charge on any atom is 0.340 e. The van der Waals surface area contributed by atoms with Crippen molar-refractivity contribution in [2.45, 2.75) is 13.0 Å². The highest BCUT2D eigenvalue weighted by atomic mass is 16.5. The van der Waals surface area contributed by atoms with Gasteiger partial charge < -0.3 is 20.4 Å². The van der Waals surface area contributed by atoms with Crippen LogP contribution in [0.4, 0.5) is 11.4 Å². The number of benzene rings is 1. The molecule has 0 radical (unpaired) electrons. The molecule has 2 aromatic rings. The van der Waals surface area contributed by atoms with Crippen LogP contribution in [0.2, 0.25) is 0 Å². The quantitative estimate of drug-likeness (QED) is 0.646. The van der Waals surface area contributed by atoms with E-state index in [0.717, 1.165) is 5.82 Å². The Morgan fingerprint density at radius 1 is 1.50 bits per heavy atom. The topological polar surface area (TPSA) is 95.1 Å². The van der Waals surface area contributed by atoms with Gasteiger partial charge in [0.1, 0.15) is 6.33 Å². The standard InChI is InChI=1S/C13H17N5O2/c1-8(12-17-15-7-18(12)2)16-11-5-4-9(14)6-10(11)13(19)20-3/h4-8,16H,14H2,1-3H3. The van der Waals surface area contributed by atoms with E-state index in [0.29, 0.717) is 16.9 Å². The maximum absolute atomic E-state index is 11.8. The Kier molecular flexibility index (Phi) is 3.88. The predicted octanol–water partition coefficient (Wildman–Crippen LogP) is 1.36. The van der Waals surface area contributed by atoms with Gasteiger partial charge in [-0.1, -0.05) is 0 Å². The van der Waals surface area contributed by atoms with Gasteiger partial charge in [-0.3, -0.25) is 0 Å². The summed E-state index contributed by atoms with van der Waals surface area (Å²) in [5.74, 6) is 0.322. The molecule has 1 heterocycles. The number of nitrogens with zero attached hydrogens (tertiary/aromatic N) is 3. The van der Waals surface area contributed by atoms with Gasteiger partial charge in [-0.15, -0.1) is 10.2 Å². The molecule has 0 aliphatic heterocycles. The molecule has 0 fully saturated rings. The summed E-state index contributed by atoms with van der Waals surface area (Å²) >= 11 is 0. The molecular formula is C13H17N5O2. The molecule has 1 unspecified atom stereocenters. The zero-order valence-corrected chi connectivity index (χ0v) is 11.6. The number of hydrogen-bond acceptors (Lipinski definition) is 6. The Bertz CT molecular complexity index is 623. The Balaban J connectivity index is 2.29. The summed E-state index contributed by atoms with van der Waals surface area (Å²) < 4.78 is 6.57. The second-order valence-corrected chi connectivity index (χ2v) is 4.46. The zero-order valence-electron chi connectivity index (χ0n) is 11.6. The van der Waals surface area contributed by atoms with E-state index in [1.54, 1.807) is 24.5 Å². The smallest absolute Gasteiger partial charge is 0.340 e. The van der Waals surface area contributed by atoms with Crippen LogP contribution in [0.15, 0.2) is 24.5 Å². The largest absolute Gasteiger partial charge is 0.465 e. The van der Waals surface area contributed by atoms with Crippen molar-refractivity contribution in [2.24, 2.45) is 7.05 Å². The summed E-state index contributed by atoms with van der Waals surface area (Å²) in [6.07, 6.45) is 1.62. The first-order valence-corrected chi connectivity index (χ1v) is 6.11. The fourth-order valence-corrected chi connectivity index (χ4v) is 1.95. The lowest BCUT2D eigenvalue weighted by Crippen LogP contribution is -2.15. The summed E-state index contributed by atoms with van der Waals surface area (Å²) in [6, 6.07) is 4.93. The van der Waals surface area contributed by atoms with Crippen molar-refractivity contribution >= 4 is 17.3 Å². The Hall–Kier alpha value is -2.57. The summed E-state index contributed by atoms with van der Waals surface area (Å²) in [4.78, 5) is 11.8. The number of carbonyl (C=O) groups excluding carboxylic acids is 1. The maximum atomic E-state index is 11.8. The molecule has 3 N–H and O–H groups in total. The molecule has 1 aromatic carbocycles. The molecule has 106 valence electrons. The SMILES string of the molecule is COC(=O)c1cc(N)ccc1NC(C)c1nncn1C. The van der Waals surface area contributed by atoms with E-state index < -0.39 is 5.97 Å². The molecule has 0 aliphatic carbocycles. The van der Waals surface area contributed by atoms with Gasteiger partial charge in [-0.05, 0) is 25.1 Å². The van der Waals surface area contributed by atoms with Gasteiger partial charge in [0.25, 0.3) is 0 Å². The first kappa shape index (κ1) is 13.9. The predicted molar refractivity (Wildman–Crippen MR) is 75.2 cm³/mol. The second kappa shape index (κ2) is 5.60. The minimum Gasteiger partial charge on any atom is -0.465 e. The molecule has 0 saturated carbocycles. The molecule has 2 rings (SSSR count). The van der Waals surface area contributed by atoms with Gasteiger partial charge in [-0.25, -0.2) is 4.79 Å². The van der Waals surface area contributed by atoms with Crippen LogP contribution in [-0.2, 0) is 11.8 Å². The summed E-state index contributed by atoms with van der Waals surface area (Å²) in [7, 11) is 3.19. The first-order valence-electron chi connectivity index (χ1n) is 6.11. The van der Waals surface area contributed by atoms with Crippen molar-refractivity contribution in [3.8, 4) is 0 Å². The summed E-state index contributed by atoms with van der Waals surface area (Å²) in [6.45, 7) is 1.93. The van der Waals surface area contributed by atoms with Gasteiger partial charge in [0.15, 0.2) is 5.82 Å². The molecule has 0 saturated heterocycles. The molecule has 1 aromatic heterocycles. The highest BCUT2D eigenvalue weighted by Gasteiger charge is 2.17. The van der Waals surface area contributed by atoms with Crippen molar-refractivity contribution in [3.63, 3.8) is 0 Å². The molecule has 0 spiro atoms. The molecule has 1 atom stereocenters. The third-order valence-corrected chi connectivity index (χ3v) is 2.95. The molecule has 20 heavy (non-hydrogen) atoms. The van der Waals surface area contributed by atoms with Crippen LogP contribution in [0.25, 0.3) is 0 Å². The average Bonchev–Trinajstić information content (AvgIpc) is 2.86. The van der Waals surface area contributed by atoms with E-state index >= 15 is 0 Å². The van der Waals surface area contributed by atoms with Crippen molar-refractivity contribution < 1.29 is 9.53 Å². The normalized spacial score (nSPS) is 11.9. The van der Waals surface area contributed by atoms with E-state index in [2.05, 4.69) is 15.5 Å². The monoisotopic (exact) mass is 275 g/mol. The number of esters is 1. The first-order chi connectivity index (χ1) is 9.52. The number of hydrogen-bond donors (Lipinski definition) is 2. The molecule has 0 bridgehead atoms. The number of anilines is 2. The van der Waals surface area contributed by atoms with Crippen LogP contribution in [0.5, 0.6) is 0 Å². The lowest BCUT2D eigenvalue weighted by Gasteiger charge is -2.17. The van der Waals surface area contributed by atoms with E-state index in [-0.39, 0.29) is 6.04 Å². The van der Waals surface area contributed by atoms with E-state index in [1.807, 2.05) is 18.5 Å². The number of carbonyl (C=O) groups is 1. The molecule has 0 amide bonds. The number of ether oxygens (including phenoxy) is 1. The second-order valence-electron chi connectivity index (χ2n) is 4.46. The van der Waals surface area contributed by atoms with Crippen molar-refractivity contribution in [3.05, 3.63) is 35.9 Å². The molecule has 7 heteroatoms. The van der Waals surface area contributed by atoms with Gasteiger partial charge in [0, 0.05) is 18.4 Å². The number of nitrogens with one attached hydrogen (secondary N) is 1. The average molecular weight is 275 g/mol. The fourth-order valence-electron chi connectivity index (χ4n) is 1.95. The molecule has 7 nitrogen and oxygen atoms in total. The third kappa shape index (κ3) is 2.71. The van der Waals surface area contributed by atoms with Gasteiger partial charge in [-0.2, -0.15) is 0 Å². The van der Waals surface area contributed by atoms with Crippen LogP contribution >= 0.6 is 0 Å². The number of nitrogens with two attached hydrogens (primary N) is 1. The minimum atomic E-state index is -0.440. The Labute approximate surface area is 116 Å². The minimum absolute atomic E-state index is 0.116. The van der Waals surface area contributed by atoms with E-state index in [1.165, 1.54) is 7.11 Å². The number of aromatic nitrogens is 3. The summed E-state index contributed by atoms with van der Waals surface area (Å²) in [5, 5.41) is 11.1. The van der Waals surface area contributed by atoms with Crippen LogP contribution in [0, 0.1) is 0 Å². The number of methoxy groups -OCH3 is 1. The third-order valence-electron chi connectivity index (χ3n) is 2.95. The number of aryl methyl sites for hydroxylation is 1. The van der Waals surface area contributed by atoms with Gasteiger partial charge in [0.05, 0.1) is 18.7 Å². The van der Waals surface area contributed by atoms with Crippen molar-refractivity contribution in [1.82, 2.24) is 14.8 Å². The fraction of sp³-hybridized carbons (Fsp3) is 0.308. The van der Waals surface area contributed by atoms with Crippen molar-refractivity contribution in [2.75, 3.05) is 18.2 Å². The van der Waals surface area contributed by atoms with Crippen LogP contribution in [-0.4, -0.2) is 27.8 Å². The molecule has 0 aliphatic rings. The lowest BCUT2D eigenvalue weighted by atomic mass is 10.1. The lowest BCUT2D eigenvalue weighted by molar-refractivity contribution is 0.0602. The molecular weight excluding hydrogens is 258 g/mol. The number of rotatable bonds is 4. The van der Waals surface area contributed by atoms with Crippen LogP contribution in [0.1, 0.15) is 29.1 Å². The van der Waals surface area contributed by atoms with E-state index in [4.69, 9.17) is 10.5 Å². The highest BCUT2D eigenvalue weighted by molar-refractivity contribution is 5.96. The van der Waals surface area contributed by atoms with Gasteiger partial charge in [0.2, 0.25) is 0 Å². The Morgan fingerprint density at radius 2 is 2.25 bits per heavy atom. The van der Waals surface area contributed by atoms with E-state index in [9.17, 15) is 4.79 Å². The summed E-state index contributed by atoms with van der Waals surface area (Å²) in [5.41, 5.74) is 7.24. The number of nitrogen functional groups attached to an aromatic ring is 1. The van der Waals surface area contributed by atoms with Crippen molar-refractivity contribution in [1.29, 1.82) is 0 Å². The van der Waals surface area contributed by atoms with Crippen LogP contribution in [0.3, 0.4) is 0 Å². The highest BCUT2D eigenvalue weighted by Crippen LogP contribution is 2.24. The van der Waals surface area contributed by atoms with Gasteiger partial charge >= 0.3 is 5.97 Å².